The second kappa shape index (κ2) is 7.46. The van der Waals surface area contributed by atoms with Gasteiger partial charge in [-0.1, -0.05) is 0 Å². The molecule has 0 saturated carbocycles. The summed E-state index contributed by atoms with van der Waals surface area (Å²) in [4.78, 5) is 0. The Labute approximate surface area is 81.6 Å². The van der Waals surface area contributed by atoms with E-state index < -0.39 is 9.28 Å². The van der Waals surface area contributed by atoms with E-state index in [0.29, 0.717) is 6.54 Å². The minimum Gasteiger partial charge on any atom is -0.396 e. The topological polar surface area (TPSA) is 56.5 Å². The van der Waals surface area contributed by atoms with Crippen LogP contribution in [0.2, 0.25) is 6.04 Å². The Morgan fingerprint density at radius 2 is 2.00 bits per heavy atom. The summed E-state index contributed by atoms with van der Waals surface area (Å²) in [5.41, 5.74) is 5.35. The number of nitrogens with one attached hydrogen (secondary N) is 1. The van der Waals surface area contributed by atoms with Crippen LogP contribution in [-0.4, -0.2) is 42.1 Å². The predicted octanol–water partition coefficient (Wildman–Crippen LogP) is -0.418. The van der Waals surface area contributed by atoms with E-state index in [2.05, 4.69) is 5.32 Å². The number of rotatable bonds is 6. The van der Waals surface area contributed by atoms with Gasteiger partial charge in [-0.15, -0.1) is 0 Å². The van der Waals surface area contributed by atoms with Crippen molar-refractivity contribution in [2.24, 2.45) is 5.73 Å². The van der Waals surface area contributed by atoms with E-state index >= 15 is 0 Å². The zero-order valence-corrected chi connectivity index (χ0v) is 9.28. The molecule has 0 radical (unpaired) electrons. The first-order chi connectivity index (χ1) is 6.43. The Balaban J connectivity index is 1.86. The van der Waals surface area contributed by atoms with E-state index in [1.54, 1.807) is 0 Å². The molecule has 0 amide bonds. The quantitative estimate of drug-likeness (QED) is 0.456. The molecule has 13 heavy (non-hydrogen) atoms. The van der Waals surface area contributed by atoms with Gasteiger partial charge in [0.25, 0.3) is 0 Å². The van der Waals surface area contributed by atoms with Crippen LogP contribution in [0.15, 0.2) is 0 Å². The second-order valence-electron chi connectivity index (χ2n) is 3.21. The van der Waals surface area contributed by atoms with Crippen molar-refractivity contribution in [2.75, 3.05) is 32.8 Å². The van der Waals surface area contributed by atoms with Gasteiger partial charge in [0.1, 0.15) is 0 Å². The van der Waals surface area contributed by atoms with Crippen LogP contribution < -0.4 is 11.1 Å². The summed E-state index contributed by atoms with van der Waals surface area (Å²) in [6.45, 7) is 4.48. The van der Waals surface area contributed by atoms with Crippen molar-refractivity contribution in [3.05, 3.63) is 0 Å². The highest BCUT2D eigenvalue weighted by Gasteiger charge is 2.16. The van der Waals surface area contributed by atoms with Crippen LogP contribution in [0.4, 0.5) is 0 Å². The Morgan fingerprint density at radius 3 is 2.69 bits per heavy atom. The second-order valence-corrected chi connectivity index (χ2v) is 5.31. The van der Waals surface area contributed by atoms with Crippen LogP contribution in [0, 0.1) is 0 Å². The third-order valence-corrected chi connectivity index (χ3v) is 4.11. The van der Waals surface area contributed by atoms with Gasteiger partial charge in [-0.2, -0.15) is 0 Å². The average Bonchev–Trinajstić information content (AvgIpc) is 2.19. The summed E-state index contributed by atoms with van der Waals surface area (Å²) in [6, 6.07) is 1.12. The fourth-order valence-electron chi connectivity index (χ4n) is 1.32. The lowest BCUT2D eigenvalue weighted by Crippen LogP contribution is -2.31. The van der Waals surface area contributed by atoms with Crippen molar-refractivity contribution in [1.82, 2.24) is 5.32 Å². The molecule has 0 aromatic heterocycles. The summed E-state index contributed by atoms with van der Waals surface area (Å²) >= 11 is 0. The SMILES string of the molecule is NCCNCCC[SiH]1OCCCO1. The van der Waals surface area contributed by atoms with Crippen molar-refractivity contribution in [3.63, 3.8) is 0 Å². The van der Waals surface area contributed by atoms with Crippen molar-refractivity contribution in [3.8, 4) is 0 Å². The maximum absolute atomic E-state index is 5.55. The zero-order chi connectivity index (χ0) is 9.36. The van der Waals surface area contributed by atoms with Gasteiger partial charge in [0.15, 0.2) is 0 Å². The van der Waals surface area contributed by atoms with Crippen molar-refractivity contribution in [1.29, 1.82) is 0 Å². The Morgan fingerprint density at radius 1 is 1.23 bits per heavy atom. The Hall–Kier alpha value is 0.0569. The van der Waals surface area contributed by atoms with Crippen molar-refractivity contribution in [2.45, 2.75) is 18.9 Å². The third kappa shape index (κ3) is 5.38. The van der Waals surface area contributed by atoms with Crippen LogP contribution in [0.5, 0.6) is 0 Å². The van der Waals surface area contributed by atoms with Gasteiger partial charge in [0, 0.05) is 26.3 Å². The summed E-state index contributed by atoms with van der Waals surface area (Å²) in [5, 5.41) is 3.26. The van der Waals surface area contributed by atoms with Gasteiger partial charge < -0.3 is 19.9 Å². The minimum atomic E-state index is -1.25. The van der Waals surface area contributed by atoms with Crippen LogP contribution in [0.3, 0.4) is 0 Å². The van der Waals surface area contributed by atoms with Crippen LogP contribution in [-0.2, 0) is 8.85 Å². The molecule has 4 nitrogen and oxygen atoms in total. The summed E-state index contributed by atoms with van der Waals surface area (Å²) < 4.78 is 11.1. The normalized spacial score (nSPS) is 19.2. The van der Waals surface area contributed by atoms with Crippen molar-refractivity contribution < 1.29 is 8.85 Å². The van der Waals surface area contributed by atoms with E-state index in [1.807, 2.05) is 0 Å². The van der Waals surface area contributed by atoms with Crippen LogP contribution in [0.1, 0.15) is 12.8 Å². The number of nitrogens with two attached hydrogens (primary N) is 1. The third-order valence-electron chi connectivity index (χ3n) is 2.01. The molecule has 78 valence electrons. The highest BCUT2D eigenvalue weighted by molar-refractivity contribution is 6.44. The Bertz CT molecular complexity index is 121. The predicted molar refractivity (Wildman–Crippen MR) is 55.0 cm³/mol. The fourth-order valence-corrected chi connectivity index (χ4v) is 3.15. The lowest BCUT2D eigenvalue weighted by Gasteiger charge is -2.21. The van der Waals surface area contributed by atoms with Gasteiger partial charge >= 0.3 is 9.28 Å². The molecule has 1 aliphatic rings. The first kappa shape index (κ1) is 11.1. The fraction of sp³-hybridized carbons (Fsp3) is 1.00. The first-order valence-electron chi connectivity index (χ1n) is 5.07. The molecule has 3 N–H and O–H groups in total. The molecule has 5 heteroatoms. The lowest BCUT2D eigenvalue weighted by molar-refractivity contribution is 0.133. The molecule has 0 aromatic rings. The smallest absolute Gasteiger partial charge is 0.321 e. The van der Waals surface area contributed by atoms with E-state index in [-0.39, 0.29) is 0 Å². The summed E-state index contributed by atoms with van der Waals surface area (Å²) in [6.07, 6.45) is 2.21. The maximum atomic E-state index is 5.55. The molecular weight excluding hydrogens is 184 g/mol. The highest BCUT2D eigenvalue weighted by atomic mass is 28.3. The van der Waals surface area contributed by atoms with E-state index in [0.717, 1.165) is 45.2 Å². The largest absolute Gasteiger partial charge is 0.396 e. The molecule has 0 aromatic carbocycles. The molecule has 1 fully saturated rings. The Kier molecular flexibility index (Phi) is 6.39. The number of hydrogen-bond acceptors (Lipinski definition) is 4. The molecule has 1 rings (SSSR count). The van der Waals surface area contributed by atoms with E-state index in [4.69, 9.17) is 14.6 Å². The lowest BCUT2D eigenvalue weighted by atomic mass is 10.5. The molecular formula is C8H20N2O2Si. The molecule has 1 aliphatic heterocycles. The first-order valence-corrected chi connectivity index (χ1v) is 6.83. The summed E-state index contributed by atoms with van der Waals surface area (Å²) in [5.74, 6) is 0. The van der Waals surface area contributed by atoms with Gasteiger partial charge in [0.05, 0.1) is 0 Å². The number of hydrogen-bond donors (Lipinski definition) is 2. The molecule has 0 atom stereocenters. The molecule has 1 heterocycles. The van der Waals surface area contributed by atoms with E-state index in [1.165, 1.54) is 0 Å². The molecule has 0 spiro atoms. The summed E-state index contributed by atoms with van der Waals surface area (Å²) in [7, 11) is -1.25. The van der Waals surface area contributed by atoms with Gasteiger partial charge in [0.2, 0.25) is 0 Å². The van der Waals surface area contributed by atoms with Crippen LogP contribution >= 0.6 is 0 Å². The maximum Gasteiger partial charge on any atom is 0.321 e. The van der Waals surface area contributed by atoms with E-state index in [9.17, 15) is 0 Å². The molecule has 0 unspecified atom stereocenters. The van der Waals surface area contributed by atoms with Gasteiger partial charge in [-0.05, 0) is 25.4 Å². The van der Waals surface area contributed by atoms with Gasteiger partial charge in [-0.25, -0.2) is 0 Å². The standard InChI is InChI=1S/C8H20N2O2Si/c9-3-5-10-4-1-8-13-11-6-2-7-12-13/h10,13H,1-9H2. The molecule has 0 bridgehead atoms. The molecule has 0 aliphatic carbocycles. The average molecular weight is 204 g/mol. The minimum absolute atomic E-state index is 0.716. The van der Waals surface area contributed by atoms with Crippen molar-refractivity contribution >= 4 is 9.28 Å². The molecule has 1 saturated heterocycles. The zero-order valence-electron chi connectivity index (χ0n) is 8.13. The van der Waals surface area contributed by atoms with Crippen LogP contribution in [0.25, 0.3) is 0 Å². The van der Waals surface area contributed by atoms with Gasteiger partial charge in [-0.3, -0.25) is 0 Å². The highest BCUT2D eigenvalue weighted by Crippen LogP contribution is 2.06. The monoisotopic (exact) mass is 204 g/mol.